The third-order valence-electron chi connectivity index (χ3n) is 3.57. The molecule has 2 unspecified atom stereocenters. The number of fused-ring (bicyclic) bond motifs is 1. The molecule has 100 valence electrons. The minimum Gasteiger partial charge on any atom is -0.309 e. The van der Waals surface area contributed by atoms with Gasteiger partial charge in [-0.05, 0) is 31.5 Å². The Bertz CT molecular complexity index is 537. The van der Waals surface area contributed by atoms with Gasteiger partial charge in [0.25, 0.3) is 0 Å². The quantitative estimate of drug-likeness (QED) is 0.912. The smallest absolute Gasteiger partial charge is 0.183 e. The first-order valence-corrected chi connectivity index (χ1v) is 8.14. The Hall–Kier alpha value is -0.870. The zero-order valence-electron chi connectivity index (χ0n) is 11.2. The fourth-order valence-electron chi connectivity index (χ4n) is 2.78. The monoisotopic (exact) mass is 267 g/mol. The summed E-state index contributed by atoms with van der Waals surface area (Å²) in [4.78, 5) is 0.525. The highest BCUT2D eigenvalue weighted by Crippen LogP contribution is 2.41. The second kappa shape index (κ2) is 5.02. The second-order valence-corrected chi connectivity index (χ2v) is 7.08. The third kappa shape index (κ3) is 2.08. The van der Waals surface area contributed by atoms with Crippen LogP contribution in [0.4, 0.5) is 0 Å². The molecule has 0 spiro atoms. The van der Waals surface area contributed by atoms with Gasteiger partial charge < -0.3 is 5.32 Å². The molecule has 0 aromatic heterocycles. The van der Waals surface area contributed by atoms with E-state index in [0.29, 0.717) is 11.3 Å². The largest absolute Gasteiger partial charge is 0.309 e. The number of rotatable bonds is 4. The van der Waals surface area contributed by atoms with Gasteiger partial charge in [0.2, 0.25) is 0 Å². The highest BCUT2D eigenvalue weighted by molar-refractivity contribution is 7.92. The maximum Gasteiger partial charge on any atom is 0.183 e. The van der Waals surface area contributed by atoms with E-state index in [-0.39, 0.29) is 11.3 Å². The molecule has 1 aromatic rings. The van der Waals surface area contributed by atoms with Crippen LogP contribution in [0.1, 0.15) is 43.9 Å². The molecule has 1 aromatic carbocycles. The first kappa shape index (κ1) is 13.6. The van der Waals surface area contributed by atoms with E-state index in [1.807, 2.05) is 32.9 Å². The van der Waals surface area contributed by atoms with E-state index in [0.717, 1.165) is 24.1 Å². The van der Waals surface area contributed by atoms with Crippen molar-refractivity contribution in [3.63, 3.8) is 0 Å². The Labute approximate surface area is 110 Å². The Morgan fingerprint density at radius 2 is 2.00 bits per heavy atom. The number of nitrogens with one attached hydrogen (secondary N) is 1. The summed E-state index contributed by atoms with van der Waals surface area (Å²) >= 11 is 0. The molecular weight excluding hydrogens is 246 g/mol. The summed E-state index contributed by atoms with van der Waals surface area (Å²) in [5.74, 6) is 0. The van der Waals surface area contributed by atoms with E-state index in [4.69, 9.17) is 0 Å². The van der Waals surface area contributed by atoms with E-state index in [1.165, 1.54) is 0 Å². The van der Waals surface area contributed by atoms with Crippen molar-refractivity contribution in [2.75, 3.05) is 6.54 Å². The molecule has 2 atom stereocenters. The lowest BCUT2D eigenvalue weighted by Crippen LogP contribution is -2.31. The molecular formula is C14H21NO2S. The van der Waals surface area contributed by atoms with Gasteiger partial charge in [0.05, 0.1) is 16.2 Å². The van der Waals surface area contributed by atoms with Crippen LogP contribution in [0, 0.1) is 6.92 Å². The topological polar surface area (TPSA) is 46.2 Å². The van der Waals surface area contributed by atoms with Crippen molar-refractivity contribution < 1.29 is 8.42 Å². The predicted molar refractivity (Wildman–Crippen MR) is 73.5 cm³/mol. The van der Waals surface area contributed by atoms with Crippen LogP contribution in [0.2, 0.25) is 0 Å². The molecule has 0 saturated carbocycles. The van der Waals surface area contributed by atoms with Gasteiger partial charge in [-0.2, -0.15) is 0 Å². The molecule has 0 amide bonds. The van der Waals surface area contributed by atoms with Gasteiger partial charge in [0.15, 0.2) is 9.84 Å². The number of aryl methyl sites for hydroxylation is 1. The van der Waals surface area contributed by atoms with Crippen LogP contribution >= 0.6 is 0 Å². The van der Waals surface area contributed by atoms with Crippen molar-refractivity contribution in [2.45, 2.75) is 49.8 Å². The fraction of sp³-hybridized carbons (Fsp3) is 0.571. The van der Waals surface area contributed by atoms with Crippen LogP contribution in [0.3, 0.4) is 0 Å². The molecule has 1 N–H and O–H groups in total. The third-order valence-corrected chi connectivity index (χ3v) is 5.86. The van der Waals surface area contributed by atoms with Crippen LogP contribution in [0.5, 0.6) is 0 Å². The van der Waals surface area contributed by atoms with E-state index in [2.05, 4.69) is 5.32 Å². The van der Waals surface area contributed by atoms with Gasteiger partial charge in [-0.25, -0.2) is 8.42 Å². The lowest BCUT2D eigenvalue weighted by Gasteiger charge is -2.19. The Kier molecular flexibility index (Phi) is 3.78. The van der Waals surface area contributed by atoms with Crippen molar-refractivity contribution in [1.82, 2.24) is 5.32 Å². The normalized spacial score (nSPS) is 25.1. The van der Waals surface area contributed by atoms with E-state index < -0.39 is 9.84 Å². The molecule has 0 aliphatic carbocycles. The zero-order valence-corrected chi connectivity index (χ0v) is 12.0. The molecule has 3 nitrogen and oxygen atoms in total. The average Bonchev–Trinajstić information content (AvgIpc) is 2.51. The highest BCUT2D eigenvalue weighted by atomic mass is 32.2. The fourth-order valence-corrected chi connectivity index (χ4v) is 5.03. The summed E-state index contributed by atoms with van der Waals surface area (Å²) in [6.07, 6.45) is 1.60. The molecule has 4 heteroatoms. The van der Waals surface area contributed by atoms with E-state index in [1.54, 1.807) is 6.07 Å². The van der Waals surface area contributed by atoms with Gasteiger partial charge in [0.1, 0.15) is 0 Å². The van der Waals surface area contributed by atoms with Crippen molar-refractivity contribution in [3.8, 4) is 0 Å². The van der Waals surface area contributed by atoms with Gasteiger partial charge in [-0.15, -0.1) is 0 Å². The van der Waals surface area contributed by atoms with Crippen LogP contribution in [-0.2, 0) is 9.84 Å². The SMILES string of the molecule is CCCC1C(NCC)c2cc(C)ccc2S1(=O)=O. The molecule has 0 saturated heterocycles. The van der Waals surface area contributed by atoms with Crippen LogP contribution in [0.25, 0.3) is 0 Å². The number of hydrogen-bond donors (Lipinski definition) is 1. The summed E-state index contributed by atoms with van der Waals surface area (Å²) in [5.41, 5.74) is 2.07. The van der Waals surface area contributed by atoms with Gasteiger partial charge in [0, 0.05) is 0 Å². The number of hydrogen-bond acceptors (Lipinski definition) is 3. The maximum atomic E-state index is 12.5. The summed E-state index contributed by atoms with van der Waals surface area (Å²) in [7, 11) is -3.16. The van der Waals surface area contributed by atoms with Gasteiger partial charge in [-0.3, -0.25) is 0 Å². The molecule has 0 bridgehead atoms. The minimum absolute atomic E-state index is 0.0464. The zero-order chi connectivity index (χ0) is 13.3. The summed E-state index contributed by atoms with van der Waals surface area (Å²) in [6.45, 7) is 6.84. The van der Waals surface area contributed by atoms with Crippen LogP contribution < -0.4 is 5.32 Å². The lowest BCUT2D eigenvalue weighted by molar-refractivity contribution is 0.492. The Morgan fingerprint density at radius 3 is 2.61 bits per heavy atom. The first-order chi connectivity index (χ1) is 8.52. The van der Waals surface area contributed by atoms with E-state index >= 15 is 0 Å². The Morgan fingerprint density at radius 1 is 1.28 bits per heavy atom. The van der Waals surface area contributed by atoms with Crippen molar-refractivity contribution in [3.05, 3.63) is 29.3 Å². The molecule has 1 aliphatic heterocycles. The summed E-state index contributed by atoms with van der Waals surface area (Å²) in [5, 5.41) is 3.03. The standard InChI is InChI=1S/C14H21NO2S/c1-4-6-13-14(15-5-2)11-9-10(3)7-8-12(11)18(13,16)17/h7-9,13-15H,4-6H2,1-3H3. The average molecular weight is 267 g/mol. The predicted octanol–water partition coefficient (Wildman–Crippen LogP) is 2.60. The van der Waals surface area contributed by atoms with Crippen LogP contribution in [0.15, 0.2) is 23.1 Å². The summed E-state index contributed by atoms with van der Waals surface area (Å²) in [6, 6.07) is 5.61. The van der Waals surface area contributed by atoms with Gasteiger partial charge in [-0.1, -0.05) is 38.0 Å². The molecule has 0 radical (unpaired) electrons. The van der Waals surface area contributed by atoms with Crippen molar-refractivity contribution >= 4 is 9.84 Å². The van der Waals surface area contributed by atoms with Crippen molar-refractivity contribution in [1.29, 1.82) is 0 Å². The maximum absolute atomic E-state index is 12.5. The second-order valence-electron chi connectivity index (χ2n) is 4.95. The summed E-state index contributed by atoms with van der Waals surface area (Å²) < 4.78 is 25.1. The number of sulfone groups is 1. The molecule has 18 heavy (non-hydrogen) atoms. The molecule has 1 heterocycles. The van der Waals surface area contributed by atoms with Crippen molar-refractivity contribution in [2.24, 2.45) is 0 Å². The van der Waals surface area contributed by atoms with Gasteiger partial charge >= 0.3 is 0 Å². The molecule has 0 fully saturated rings. The molecule has 1 aliphatic rings. The lowest BCUT2D eigenvalue weighted by atomic mass is 9.99. The minimum atomic E-state index is -3.16. The molecule has 2 rings (SSSR count). The Balaban J connectivity index is 2.55. The van der Waals surface area contributed by atoms with Crippen LogP contribution in [-0.4, -0.2) is 20.2 Å². The highest BCUT2D eigenvalue weighted by Gasteiger charge is 2.43. The number of benzene rings is 1. The van der Waals surface area contributed by atoms with E-state index in [9.17, 15) is 8.42 Å². The first-order valence-electron chi connectivity index (χ1n) is 6.60.